The lowest BCUT2D eigenvalue weighted by Gasteiger charge is -2.32. The Morgan fingerprint density at radius 3 is 2.56 bits per heavy atom. The Kier molecular flexibility index (Phi) is 4.15. The number of nitrogens with zero attached hydrogens (tertiary/aromatic N) is 4. The summed E-state index contributed by atoms with van der Waals surface area (Å²) in [5.74, 6) is -1.82. The van der Waals surface area contributed by atoms with Crippen molar-refractivity contribution in [2.75, 3.05) is 0 Å². The van der Waals surface area contributed by atoms with Gasteiger partial charge in [0.15, 0.2) is 11.5 Å². The topological polar surface area (TPSA) is 110 Å². The largest absolute Gasteiger partial charge is 0.481 e. The summed E-state index contributed by atoms with van der Waals surface area (Å²) in [4.78, 5) is 26.4. The Labute approximate surface area is 138 Å². The molecule has 3 rings (SSSR count). The van der Waals surface area contributed by atoms with Crippen molar-refractivity contribution < 1.29 is 27.9 Å². The fourth-order valence-corrected chi connectivity index (χ4v) is 2.37. The molecule has 25 heavy (non-hydrogen) atoms. The van der Waals surface area contributed by atoms with E-state index in [0.29, 0.717) is 19.0 Å². The zero-order valence-corrected chi connectivity index (χ0v) is 12.6. The number of carboxylic acids is 1. The van der Waals surface area contributed by atoms with Gasteiger partial charge in [-0.25, -0.2) is 9.67 Å². The van der Waals surface area contributed by atoms with Gasteiger partial charge < -0.3 is 10.4 Å². The van der Waals surface area contributed by atoms with Gasteiger partial charge >= 0.3 is 12.1 Å². The van der Waals surface area contributed by atoms with Crippen LogP contribution in [0.5, 0.6) is 0 Å². The number of carbonyl (C=O) groups is 2. The molecule has 2 aromatic heterocycles. The van der Waals surface area contributed by atoms with E-state index in [9.17, 15) is 22.8 Å². The zero-order chi connectivity index (χ0) is 18.2. The first-order valence-electron chi connectivity index (χ1n) is 7.23. The van der Waals surface area contributed by atoms with Crippen LogP contribution in [0.25, 0.3) is 5.82 Å². The standard InChI is InChI=1S/C14H12F3N5O3/c15-14(16,17)8-1-2-11(18-5-8)22-6-10(20-21-22)12(23)19-9-3-7(4-9)13(24)25/h1-2,5-7,9H,3-4H2,(H,19,23)(H,24,25). The van der Waals surface area contributed by atoms with Gasteiger partial charge in [0.05, 0.1) is 17.7 Å². The van der Waals surface area contributed by atoms with Crippen LogP contribution in [0, 0.1) is 5.92 Å². The van der Waals surface area contributed by atoms with E-state index in [4.69, 9.17) is 5.11 Å². The summed E-state index contributed by atoms with van der Waals surface area (Å²) in [6.07, 6.45) is -1.91. The second-order valence-corrected chi connectivity index (χ2v) is 5.63. The first kappa shape index (κ1) is 16.9. The number of hydrogen-bond donors (Lipinski definition) is 2. The SMILES string of the molecule is O=C(NC1CC(C(=O)O)C1)c1cn(-c2ccc(C(F)(F)F)cn2)nn1. The quantitative estimate of drug-likeness (QED) is 0.855. The normalized spacial score (nSPS) is 20.0. The molecule has 0 aromatic carbocycles. The highest BCUT2D eigenvalue weighted by Gasteiger charge is 2.35. The fraction of sp³-hybridized carbons (Fsp3) is 0.357. The number of aliphatic carboxylic acids is 1. The van der Waals surface area contributed by atoms with Crippen molar-refractivity contribution in [3.05, 3.63) is 35.8 Å². The predicted octanol–water partition coefficient (Wildman–Crippen LogP) is 1.27. The van der Waals surface area contributed by atoms with Crippen LogP contribution in [0.2, 0.25) is 0 Å². The second-order valence-electron chi connectivity index (χ2n) is 5.63. The molecule has 1 aliphatic rings. The van der Waals surface area contributed by atoms with Gasteiger partial charge in [0, 0.05) is 12.2 Å². The van der Waals surface area contributed by atoms with E-state index in [0.717, 1.165) is 16.8 Å². The molecule has 0 bridgehead atoms. The Bertz CT molecular complexity index is 797. The summed E-state index contributed by atoms with van der Waals surface area (Å²) in [7, 11) is 0. The lowest BCUT2D eigenvalue weighted by Crippen LogP contribution is -2.46. The van der Waals surface area contributed by atoms with Crippen LogP contribution in [0.4, 0.5) is 13.2 Å². The van der Waals surface area contributed by atoms with Gasteiger partial charge in [0.1, 0.15) is 0 Å². The minimum atomic E-state index is -4.49. The third-order valence-corrected chi connectivity index (χ3v) is 3.86. The maximum Gasteiger partial charge on any atom is 0.417 e. The molecule has 1 saturated carbocycles. The lowest BCUT2D eigenvalue weighted by atomic mass is 9.80. The Morgan fingerprint density at radius 1 is 1.28 bits per heavy atom. The van der Waals surface area contributed by atoms with Gasteiger partial charge in [-0.15, -0.1) is 5.10 Å². The number of carboxylic acid groups (broad SMARTS) is 1. The van der Waals surface area contributed by atoms with Crippen molar-refractivity contribution in [1.82, 2.24) is 25.3 Å². The highest BCUT2D eigenvalue weighted by atomic mass is 19.4. The first-order chi connectivity index (χ1) is 11.7. The molecule has 8 nitrogen and oxygen atoms in total. The molecule has 11 heteroatoms. The summed E-state index contributed by atoms with van der Waals surface area (Å²) in [5.41, 5.74) is -0.937. The van der Waals surface area contributed by atoms with Gasteiger partial charge in [-0.1, -0.05) is 5.21 Å². The minimum Gasteiger partial charge on any atom is -0.481 e. The molecular weight excluding hydrogens is 343 g/mol. The van der Waals surface area contributed by atoms with E-state index < -0.39 is 29.5 Å². The smallest absolute Gasteiger partial charge is 0.417 e. The number of rotatable bonds is 4. The monoisotopic (exact) mass is 355 g/mol. The molecule has 1 amide bonds. The van der Waals surface area contributed by atoms with Crippen LogP contribution in [0.1, 0.15) is 28.9 Å². The average molecular weight is 355 g/mol. The molecular formula is C14H12F3N5O3. The summed E-state index contributed by atoms with van der Waals surface area (Å²) in [5, 5.41) is 18.7. The zero-order valence-electron chi connectivity index (χ0n) is 12.6. The van der Waals surface area contributed by atoms with E-state index in [-0.39, 0.29) is 17.6 Å². The second kappa shape index (κ2) is 6.15. The van der Waals surface area contributed by atoms with Gasteiger partial charge in [-0.3, -0.25) is 9.59 Å². The number of aromatic nitrogens is 4. The van der Waals surface area contributed by atoms with Crippen LogP contribution in [-0.2, 0) is 11.0 Å². The highest BCUT2D eigenvalue weighted by Crippen LogP contribution is 2.29. The highest BCUT2D eigenvalue weighted by molar-refractivity contribution is 5.92. The number of nitrogens with one attached hydrogen (secondary N) is 1. The molecule has 0 saturated heterocycles. The molecule has 0 unspecified atom stereocenters. The number of amides is 1. The summed E-state index contributed by atoms with van der Waals surface area (Å²) in [6.45, 7) is 0. The Balaban J connectivity index is 1.64. The summed E-state index contributed by atoms with van der Waals surface area (Å²) in [6, 6.07) is 1.72. The molecule has 0 atom stereocenters. The maximum atomic E-state index is 12.5. The van der Waals surface area contributed by atoms with Gasteiger partial charge in [0.25, 0.3) is 5.91 Å². The van der Waals surface area contributed by atoms with E-state index in [1.165, 1.54) is 6.20 Å². The van der Waals surface area contributed by atoms with Gasteiger partial charge in [-0.2, -0.15) is 13.2 Å². The van der Waals surface area contributed by atoms with E-state index in [2.05, 4.69) is 20.6 Å². The third-order valence-electron chi connectivity index (χ3n) is 3.86. The molecule has 2 N–H and O–H groups in total. The Hall–Kier alpha value is -2.98. The number of pyridine rings is 1. The van der Waals surface area contributed by atoms with Crippen LogP contribution >= 0.6 is 0 Å². The van der Waals surface area contributed by atoms with E-state index in [1.807, 2.05) is 0 Å². The van der Waals surface area contributed by atoms with Crippen LogP contribution in [0.15, 0.2) is 24.5 Å². The number of carbonyl (C=O) groups excluding carboxylic acids is 1. The number of alkyl halides is 3. The van der Waals surface area contributed by atoms with Gasteiger partial charge in [-0.05, 0) is 25.0 Å². The van der Waals surface area contributed by atoms with Crippen LogP contribution < -0.4 is 5.32 Å². The third kappa shape index (κ3) is 3.59. The first-order valence-corrected chi connectivity index (χ1v) is 7.23. The maximum absolute atomic E-state index is 12.5. The number of hydrogen-bond acceptors (Lipinski definition) is 5. The Morgan fingerprint density at radius 2 is 2.00 bits per heavy atom. The van der Waals surface area contributed by atoms with Crippen molar-refractivity contribution in [3.8, 4) is 5.82 Å². The molecule has 0 spiro atoms. The predicted molar refractivity (Wildman–Crippen MR) is 75.8 cm³/mol. The van der Waals surface area contributed by atoms with E-state index in [1.54, 1.807) is 0 Å². The molecule has 1 aliphatic carbocycles. The van der Waals surface area contributed by atoms with Crippen molar-refractivity contribution in [2.24, 2.45) is 5.92 Å². The van der Waals surface area contributed by atoms with Crippen molar-refractivity contribution >= 4 is 11.9 Å². The molecule has 0 radical (unpaired) electrons. The van der Waals surface area contributed by atoms with Crippen molar-refractivity contribution in [2.45, 2.75) is 25.1 Å². The average Bonchev–Trinajstić information content (AvgIpc) is 2.99. The molecule has 2 heterocycles. The molecule has 2 aromatic rings. The van der Waals surface area contributed by atoms with Gasteiger partial charge in [0.2, 0.25) is 0 Å². The summed E-state index contributed by atoms with van der Waals surface area (Å²) < 4.78 is 38.6. The number of halogens is 3. The van der Waals surface area contributed by atoms with E-state index >= 15 is 0 Å². The van der Waals surface area contributed by atoms with Crippen molar-refractivity contribution in [1.29, 1.82) is 0 Å². The molecule has 0 aliphatic heterocycles. The van der Waals surface area contributed by atoms with Crippen LogP contribution in [-0.4, -0.2) is 43.0 Å². The van der Waals surface area contributed by atoms with Crippen molar-refractivity contribution in [3.63, 3.8) is 0 Å². The minimum absolute atomic E-state index is 0.0412. The summed E-state index contributed by atoms with van der Waals surface area (Å²) >= 11 is 0. The fourth-order valence-electron chi connectivity index (χ4n) is 2.37. The van der Waals surface area contributed by atoms with Crippen LogP contribution in [0.3, 0.4) is 0 Å². The molecule has 132 valence electrons. The molecule has 1 fully saturated rings. The lowest BCUT2D eigenvalue weighted by molar-refractivity contribution is -0.145.